The summed E-state index contributed by atoms with van der Waals surface area (Å²) in [6, 6.07) is 4.43. The van der Waals surface area contributed by atoms with Crippen LogP contribution >= 0.6 is 11.6 Å². The van der Waals surface area contributed by atoms with E-state index in [1.807, 2.05) is 0 Å². The van der Waals surface area contributed by atoms with E-state index in [1.165, 1.54) is 12.1 Å². The Morgan fingerprint density at radius 1 is 1.59 bits per heavy atom. The van der Waals surface area contributed by atoms with Crippen LogP contribution in [-0.2, 0) is 11.2 Å². The number of rotatable bonds is 4. The highest BCUT2D eigenvalue weighted by Crippen LogP contribution is 2.48. The van der Waals surface area contributed by atoms with Crippen molar-refractivity contribution < 1.29 is 14.3 Å². The number of benzene rings is 1. The lowest BCUT2D eigenvalue weighted by atomic mass is 9.79. The van der Waals surface area contributed by atoms with Gasteiger partial charge in [0.05, 0.1) is 5.41 Å². The van der Waals surface area contributed by atoms with Crippen LogP contribution in [0.3, 0.4) is 0 Å². The second-order valence-corrected chi connectivity index (χ2v) is 5.28. The van der Waals surface area contributed by atoms with Crippen LogP contribution in [0.25, 0.3) is 0 Å². The second-order valence-electron chi connectivity index (χ2n) is 4.87. The molecule has 0 bridgehead atoms. The first-order valence-electron chi connectivity index (χ1n) is 5.61. The predicted molar refractivity (Wildman–Crippen MR) is 63.6 cm³/mol. The predicted octanol–water partition coefficient (Wildman–Crippen LogP) is 3.52. The lowest BCUT2D eigenvalue weighted by molar-refractivity contribution is -0.149. The Balaban J connectivity index is 2.33. The molecule has 0 aromatic heterocycles. The zero-order valence-electron chi connectivity index (χ0n) is 9.54. The molecule has 17 heavy (non-hydrogen) atoms. The molecular formula is C13H14ClFO2. The summed E-state index contributed by atoms with van der Waals surface area (Å²) in [7, 11) is 0. The van der Waals surface area contributed by atoms with Crippen LogP contribution in [0.2, 0.25) is 5.02 Å². The number of carboxylic acid groups (broad SMARTS) is 1. The summed E-state index contributed by atoms with van der Waals surface area (Å²) in [5.74, 6) is -1.17. The minimum atomic E-state index is -0.911. The number of aliphatic carboxylic acids is 1. The van der Waals surface area contributed by atoms with Gasteiger partial charge in [-0.15, -0.1) is 0 Å². The molecule has 0 radical (unpaired) electrons. The van der Waals surface area contributed by atoms with Gasteiger partial charge in [0.15, 0.2) is 0 Å². The summed E-state index contributed by atoms with van der Waals surface area (Å²) in [6.07, 6.45) is 1.95. The second kappa shape index (κ2) is 4.30. The lowest BCUT2D eigenvalue weighted by Gasteiger charge is -2.25. The third kappa shape index (κ3) is 2.29. The molecule has 2 rings (SSSR count). The van der Waals surface area contributed by atoms with Crippen LogP contribution in [0.5, 0.6) is 0 Å². The molecule has 0 spiro atoms. The molecule has 1 aliphatic carbocycles. The molecule has 1 saturated carbocycles. The summed E-state index contributed by atoms with van der Waals surface area (Å²) < 4.78 is 13.7. The fourth-order valence-corrected chi connectivity index (χ4v) is 2.41. The summed E-state index contributed by atoms with van der Waals surface area (Å²) in [5, 5.41) is 9.62. The molecule has 1 N–H and O–H groups in total. The molecule has 1 aromatic rings. The van der Waals surface area contributed by atoms with E-state index in [-0.39, 0.29) is 12.3 Å². The van der Waals surface area contributed by atoms with Gasteiger partial charge in [-0.25, -0.2) is 4.39 Å². The number of halogens is 2. The van der Waals surface area contributed by atoms with E-state index in [0.717, 1.165) is 12.8 Å². The molecule has 0 saturated heterocycles. The molecule has 1 aliphatic rings. The van der Waals surface area contributed by atoms with Gasteiger partial charge in [-0.05, 0) is 44.2 Å². The summed E-state index contributed by atoms with van der Waals surface area (Å²) in [5.41, 5.74) is -0.600. The maximum atomic E-state index is 13.7. The number of hydrogen-bond acceptors (Lipinski definition) is 1. The van der Waals surface area contributed by atoms with Gasteiger partial charge in [0.1, 0.15) is 5.82 Å². The van der Waals surface area contributed by atoms with Gasteiger partial charge < -0.3 is 5.11 Å². The highest BCUT2D eigenvalue weighted by atomic mass is 35.5. The van der Waals surface area contributed by atoms with Crippen molar-refractivity contribution in [3.8, 4) is 0 Å². The molecule has 1 atom stereocenters. The SMILES string of the molecule is CC(Cc1c(F)cccc1Cl)(C(=O)O)C1CC1. The first-order valence-corrected chi connectivity index (χ1v) is 5.99. The molecule has 1 aromatic carbocycles. The Bertz CT molecular complexity index is 436. The Kier molecular flexibility index (Phi) is 3.13. The third-order valence-electron chi connectivity index (χ3n) is 3.57. The van der Waals surface area contributed by atoms with Crippen molar-refractivity contribution in [1.82, 2.24) is 0 Å². The third-order valence-corrected chi connectivity index (χ3v) is 3.93. The van der Waals surface area contributed by atoms with E-state index in [1.54, 1.807) is 13.0 Å². The van der Waals surface area contributed by atoms with Crippen molar-refractivity contribution >= 4 is 17.6 Å². The number of carbonyl (C=O) groups is 1. The average molecular weight is 257 g/mol. The number of carboxylic acids is 1. The molecule has 0 amide bonds. The fraction of sp³-hybridized carbons (Fsp3) is 0.462. The summed E-state index contributed by atoms with van der Waals surface area (Å²) >= 11 is 5.93. The van der Waals surface area contributed by atoms with Crippen molar-refractivity contribution in [1.29, 1.82) is 0 Å². The quantitative estimate of drug-likeness (QED) is 0.895. The fourth-order valence-electron chi connectivity index (χ4n) is 2.18. The van der Waals surface area contributed by atoms with Crippen molar-refractivity contribution in [2.45, 2.75) is 26.2 Å². The van der Waals surface area contributed by atoms with Gasteiger partial charge in [0.25, 0.3) is 0 Å². The Morgan fingerprint density at radius 2 is 2.24 bits per heavy atom. The molecule has 1 fully saturated rings. The number of hydrogen-bond donors (Lipinski definition) is 1. The molecule has 0 heterocycles. The molecule has 0 aliphatic heterocycles. The van der Waals surface area contributed by atoms with E-state index < -0.39 is 17.2 Å². The largest absolute Gasteiger partial charge is 0.481 e. The van der Waals surface area contributed by atoms with E-state index in [9.17, 15) is 14.3 Å². The zero-order valence-corrected chi connectivity index (χ0v) is 10.3. The van der Waals surface area contributed by atoms with Gasteiger partial charge in [-0.3, -0.25) is 4.79 Å². The first kappa shape index (κ1) is 12.4. The van der Waals surface area contributed by atoms with E-state index >= 15 is 0 Å². The van der Waals surface area contributed by atoms with Gasteiger partial charge in [-0.1, -0.05) is 17.7 Å². The molecule has 2 nitrogen and oxygen atoms in total. The van der Waals surface area contributed by atoms with Crippen LogP contribution in [0.4, 0.5) is 4.39 Å². The molecular weight excluding hydrogens is 243 g/mol. The monoisotopic (exact) mass is 256 g/mol. The Labute approximate surface area is 104 Å². The van der Waals surface area contributed by atoms with Gasteiger partial charge in [0, 0.05) is 10.6 Å². The Hall–Kier alpha value is -1.09. The molecule has 4 heteroatoms. The standard InChI is InChI=1S/C13H14ClFO2/c1-13(12(16)17,8-5-6-8)7-9-10(14)3-2-4-11(9)15/h2-4,8H,5-7H2,1H3,(H,16,17). The van der Waals surface area contributed by atoms with Gasteiger partial charge in [0.2, 0.25) is 0 Å². The van der Waals surface area contributed by atoms with E-state index in [4.69, 9.17) is 11.6 Å². The summed E-state index contributed by atoms with van der Waals surface area (Å²) in [6.45, 7) is 1.68. The molecule has 92 valence electrons. The van der Waals surface area contributed by atoms with Crippen LogP contribution in [0, 0.1) is 17.2 Å². The minimum Gasteiger partial charge on any atom is -0.481 e. The van der Waals surface area contributed by atoms with Gasteiger partial charge >= 0.3 is 5.97 Å². The van der Waals surface area contributed by atoms with Crippen LogP contribution in [0.15, 0.2) is 18.2 Å². The summed E-state index contributed by atoms with van der Waals surface area (Å²) in [4.78, 5) is 11.4. The average Bonchev–Trinajstić information content (AvgIpc) is 3.07. The highest BCUT2D eigenvalue weighted by Gasteiger charge is 2.47. The topological polar surface area (TPSA) is 37.3 Å². The van der Waals surface area contributed by atoms with Crippen molar-refractivity contribution in [3.05, 3.63) is 34.6 Å². The smallest absolute Gasteiger partial charge is 0.309 e. The van der Waals surface area contributed by atoms with Crippen molar-refractivity contribution in [2.75, 3.05) is 0 Å². The Morgan fingerprint density at radius 3 is 2.71 bits per heavy atom. The van der Waals surface area contributed by atoms with Crippen LogP contribution < -0.4 is 0 Å². The lowest BCUT2D eigenvalue weighted by Crippen LogP contribution is -2.32. The highest BCUT2D eigenvalue weighted by molar-refractivity contribution is 6.31. The van der Waals surface area contributed by atoms with Crippen molar-refractivity contribution in [2.24, 2.45) is 11.3 Å². The van der Waals surface area contributed by atoms with Gasteiger partial charge in [-0.2, -0.15) is 0 Å². The maximum Gasteiger partial charge on any atom is 0.309 e. The maximum absolute atomic E-state index is 13.7. The van der Waals surface area contributed by atoms with E-state index in [2.05, 4.69) is 0 Å². The first-order chi connectivity index (χ1) is 7.95. The minimum absolute atomic E-state index is 0.135. The van der Waals surface area contributed by atoms with E-state index in [0.29, 0.717) is 10.6 Å². The van der Waals surface area contributed by atoms with Crippen LogP contribution in [-0.4, -0.2) is 11.1 Å². The zero-order chi connectivity index (χ0) is 12.6. The normalized spacial score (nSPS) is 18.8. The van der Waals surface area contributed by atoms with Crippen molar-refractivity contribution in [3.63, 3.8) is 0 Å². The molecule has 1 unspecified atom stereocenters. The van der Waals surface area contributed by atoms with Crippen LogP contribution in [0.1, 0.15) is 25.3 Å².